The number of carbonyl (C=O) groups is 1. The van der Waals surface area contributed by atoms with E-state index in [-0.39, 0.29) is 23.1 Å². The number of nitrogens with two attached hydrogens (primary N) is 1. The topological polar surface area (TPSA) is 152 Å². The first-order chi connectivity index (χ1) is 8.66. The van der Waals surface area contributed by atoms with Crippen molar-refractivity contribution in [1.82, 2.24) is 25.6 Å². The van der Waals surface area contributed by atoms with E-state index in [4.69, 9.17) is 15.7 Å². The van der Waals surface area contributed by atoms with Crippen molar-refractivity contribution in [3.8, 4) is 0 Å². The van der Waals surface area contributed by atoms with Gasteiger partial charge in [-0.1, -0.05) is 5.16 Å². The molecule has 2 aromatic rings. The maximum atomic E-state index is 11.0. The van der Waals surface area contributed by atoms with Gasteiger partial charge in [-0.05, 0) is 10.4 Å². The maximum Gasteiger partial charge on any atom is 0.360 e. The third-order valence-electron chi connectivity index (χ3n) is 1.71. The van der Waals surface area contributed by atoms with E-state index < -0.39 is 5.97 Å². The number of rotatable bonds is 5. The van der Waals surface area contributed by atoms with Gasteiger partial charge in [0.15, 0.2) is 17.6 Å². The number of aromatic nitrogens is 5. The van der Waals surface area contributed by atoms with Crippen LogP contribution in [0.15, 0.2) is 10.5 Å². The van der Waals surface area contributed by atoms with Gasteiger partial charge in [0.25, 0.3) is 0 Å². The summed E-state index contributed by atoms with van der Waals surface area (Å²) in [6.45, 7) is -0.0800. The summed E-state index contributed by atoms with van der Waals surface area (Å²) in [4.78, 5) is 19.6. The number of H-pyrrole nitrogens is 1. The summed E-state index contributed by atoms with van der Waals surface area (Å²) >= 11 is 1.11. The molecule has 0 radical (unpaired) electrons. The number of aromatic amines is 1. The van der Waals surface area contributed by atoms with Gasteiger partial charge in [0.05, 0.1) is 0 Å². The van der Waals surface area contributed by atoms with Crippen LogP contribution in [-0.4, -0.2) is 42.4 Å². The van der Waals surface area contributed by atoms with Crippen molar-refractivity contribution in [3.63, 3.8) is 0 Å². The first-order valence-corrected chi connectivity index (χ1v) is 5.42. The molecular formula is C7H7N7O3S. The molecule has 94 valence electrons. The molecule has 0 aromatic carbocycles. The van der Waals surface area contributed by atoms with Crippen LogP contribution in [0.5, 0.6) is 0 Å². The van der Waals surface area contributed by atoms with Crippen molar-refractivity contribution in [2.75, 3.05) is 5.73 Å². The molecule has 0 saturated carbocycles. The van der Waals surface area contributed by atoms with Crippen LogP contribution in [0.1, 0.15) is 11.5 Å². The fourth-order valence-electron chi connectivity index (χ4n) is 0.990. The number of anilines is 1. The van der Waals surface area contributed by atoms with Gasteiger partial charge >= 0.3 is 5.97 Å². The van der Waals surface area contributed by atoms with Gasteiger partial charge in [0.1, 0.15) is 5.69 Å². The molecule has 2 rings (SSSR count). The summed E-state index contributed by atoms with van der Waals surface area (Å²) in [6.07, 6.45) is 0. The molecule has 2 aromatic heterocycles. The summed E-state index contributed by atoms with van der Waals surface area (Å²) in [6, 6.07) is 0. The second-order valence-electron chi connectivity index (χ2n) is 2.94. The number of aliphatic carboxylic acids is 1. The molecule has 0 saturated heterocycles. The average Bonchev–Trinajstić information content (AvgIpc) is 2.95. The van der Waals surface area contributed by atoms with Crippen molar-refractivity contribution < 1.29 is 14.7 Å². The molecular weight excluding hydrogens is 262 g/mol. The van der Waals surface area contributed by atoms with E-state index in [2.05, 4.69) is 30.8 Å². The second kappa shape index (κ2) is 5.18. The Morgan fingerprint density at radius 2 is 2.50 bits per heavy atom. The van der Waals surface area contributed by atoms with Crippen LogP contribution in [0.4, 0.5) is 5.13 Å². The molecule has 4 N–H and O–H groups in total. The van der Waals surface area contributed by atoms with E-state index in [1.54, 1.807) is 0 Å². The molecule has 10 nitrogen and oxygen atoms in total. The highest BCUT2D eigenvalue weighted by atomic mass is 32.1. The third-order valence-corrected chi connectivity index (χ3v) is 2.39. The molecule has 0 bridgehead atoms. The standard InChI is InChI=1S/C7H7N7O3S/c8-7-9-3(2-18-7)5(6(15)16)12-17-1-4-10-13-14-11-4/h2H,1H2,(H2,8,9)(H,15,16)(H,10,11,13,14)/b12-5-. The zero-order valence-electron chi connectivity index (χ0n) is 8.77. The quantitative estimate of drug-likeness (QED) is 0.473. The van der Waals surface area contributed by atoms with Crippen molar-refractivity contribution >= 4 is 28.1 Å². The van der Waals surface area contributed by atoms with E-state index >= 15 is 0 Å². The molecule has 0 atom stereocenters. The van der Waals surface area contributed by atoms with E-state index in [9.17, 15) is 4.79 Å². The highest BCUT2D eigenvalue weighted by Crippen LogP contribution is 2.12. The van der Waals surface area contributed by atoms with Crippen LogP contribution in [0.3, 0.4) is 0 Å². The van der Waals surface area contributed by atoms with Gasteiger partial charge in [-0.2, -0.15) is 0 Å². The molecule has 0 spiro atoms. The Hall–Kier alpha value is -2.56. The Balaban J connectivity index is 2.08. The van der Waals surface area contributed by atoms with E-state index in [0.29, 0.717) is 5.82 Å². The zero-order chi connectivity index (χ0) is 13.0. The number of nitrogens with zero attached hydrogens (tertiary/aromatic N) is 5. The van der Waals surface area contributed by atoms with Crippen molar-refractivity contribution in [2.24, 2.45) is 5.16 Å². The summed E-state index contributed by atoms with van der Waals surface area (Å²) in [5, 5.41) is 26.8. The Morgan fingerprint density at radius 1 is 1.67 bits per heavy atom. The Kier molecular flexibility index (Phi) is 3.43. The number of carboxylic acids is 1. The minimum atomic E-state index is -1.27. The van der Waals surface area contributed by atoms with Crippen LogP contribution in [-0.2, 0) is 16.2 Å². The van der Waals surface area contributed by atoms with Crippen molar-refractivity contribution in [2.45, 2.75) is 6.61 Å². The lowest BCUT2D eigenvalue weighted by atomic mass is 10.3. The number of hydrogen-bond donors (Lipinski definition) is 3. The van der Waals surface area contributed by atoms with Crippen LogP contribution >= 0.6 is 11.3 Å². The average molecular weight is 269 g/mol. The molecule has 2 heterocycles. The monoisotopic (exact) mass is 269 g/mol. The van der Waals surface area contributed by atoms with Gasteiger partial charge in [0, 0.05) is 5.38 Å². The van der Waals surface area contributed by atoms with Gasteiger partial charge in [-0.25, -0.2) is 14.9 Å². The largest absolute Gasteiger partial charge is 0.476 e. The predicted octanol–water partition coefficient (Wildman–Crippen LogP) is -0.756. The zero-order valence-corrected chi connectivity index (χ0v) is 9.59. The number of hydrogen-bond acceptors (Lipinski definition) is 9. The summed E-state index contributed by atoms with van der Waals surface area (Å²) in [5.74, 6) is -0.947. The highest BCUT2D eigenvalue weighted by Gasteiger charge is 2.17. The van der Waals surface area contributed by atoms with Gasteiger partial charge in [-0.15, -0.1) is 16.4 Å². The Labute approximate surface area is 103 Å². The molecule has 11 heteroatoms. The molecule has 0 aliphatic heterocycles. The summed E-state index contributed by atoms with van der Waals surface area (Å²) < 4.78 is 0. The summed E-state index contributed by atoms with van der Waals surface area (Å²) in [7, 11) is 0. The Morgan fingerprint density at radius 3 is 3.06 bits per heavy atom. The van der Waals surface area contributed by atoms with Gasteiger partial charge in [0.2, 0.25) is 5.71 Å². The molecule has 0 fully saturated rings. The number of nitrogens with one attached hydrogen (secondary N) is 1. The number of oxime groups is 1. The van der Waals surface area contributed by atoms with E-state index in [1.807, 2.05) is 0 Å². The lowest BCUT2D eigenvalue weighted by molar-refractivity contribution is -0.129. The molecule has 0 amide bonds. The second-order valence-corrected chi connectivity index (χ2v) is 3.83. The molecule has 0 unspecified atom stereocenters. The third kappa shape index (κ3) is 2.76. The smallest absolute Gasteiger partial charge is 0.360 e. The summed E-state index contributed by atoms with van der Waals surface area (Å²) in [5.41, 5.74) is 5.21. The van der Waals surface area contributed by atoms with Crippen molar-refractivity contribution in [3.05, 3.63) is 16.9 Å². The molecule has 18 heavy (non-hydrogen) atoms. The SMILES string of the molecule is Nc1nc(/C(=N/OCc2nnn[nH]2)C(=O)O)cs1. The van der Waals surface area contributed by atoms with E-state index in [1.165, 1.54) is 5.38 Å². The first-order valence-electron chi connectivity index (χ1n) is 4.54. The number of nitrogen functional groups attached to an aromatic ring is 1. The predicted molar refractivity (Wildman–Crippen MR) is 59.7 cm³/mol. The number of thiazole rings is 1. The lowest BCUT2D eigenvalue weighted by Crippen LogP contribution is -2.15. The van der Waals surface area contributed by atoms with Gasteiger partial charge < -0.3 is 15.7 Å². The van der Waals surface area contributed by atoms with Crippen molar-refractivity contribution in [1.29, 1.82) is 0 Å². The number of tetrazole rings is 1. The number of carboxylic acid groups (broad SMARTS) is 1. The minimum absolute atomic E-state index is 0.0800. The fourth-order valence-corrected chi connectivity index (χ4v) is 1.54. The van der Waals surface area contributed by atoms with Crippen LogP contribution in [0, 0.1) is 0 Å². The molecule has 0 aliphatic carbocycles. The molecule has 0 aliphatic rings. The van der Waals surface area contributed by atoms with Gasteiger partial charge in [-0.3, -0.25) is 0 Å². The van der Waals surface area contributed by atoms with Crippen LogP contribution < -0.4 is 5.73 Å². The maximum absolute atomic E-state index is 11.0. The van der Waals surface area contributed by atoms with E-state index in [0.717, 1.165) is 11.3 Å². The fraction of sp³-hybridized carbons (Fsp3) is 0.143. The lowest BCUT2D eigenvalue weighted by Gasteiger charge is -1.98. The van der Waals surface area contributed by atoms with Crippen LogP contribution in [0.25, 0.3) is 0 Å². The first kappa shape index (κ1) is 11.9. The van der Waals surface area contributed by atoms with Crippen LogP contribution in [0.2, 0.25) is 0 Å². The minimum Gasteiger partial charge on any atom is -0.476 e. The Bertz CT molecular complexity index is 563. The highest BCUT2D eigenvalue weighted by molar-refractivity contribution is 7.13. The normalized spacial score (nSPS) is 11.4.